The van der Waals surface area contributed by atoms with Crippen molar-refractivity contribution in [2.75, 3.05) is 11.5 Å². The number of halogens is 1. The Kier molecular flexibility index (Phi) is 4.13. The van der Waals surface area contributed by atoms with E-state index in [2.05, 4.69) is 15.9 Å². The number of carboxylic acid groups (broad SMARTS) is 1. The normalized spacial score (nSPS) is 23.9. The molecular formula is C11H13BrO4S2. The zero-order valence-electron chi connectivity index (χ0n) is 9.50. The predicted molar refractivity (Wildman–Crippen MR) is 73.6 cm³/mol. The van der Waals surface area contributed by atoms with Crippen molar-refractivity contribution < 1.29 is 18.3 Å². The number of rotatable bonds is 4. The predicted octanol–water partition coefficient (Wildman–Crippen LogP) is 2.19. The molecule has 2 heterocycles. The molecule has 2 rings (SSSR count). The summed E-state index contributed by atoms with van der Waals surface area (Å²) in [6.45, 7) is 0. The van der Waals surface area contributed by atoms with Crippen LogP contribution >= 0.6 is 27.3 Å². The summed E-state index contributed by atoms with van der Waals surface area (Å²) in [5.41, 5.74) is 0. The Morgan fingerprint density at radius 3 is 2.72 bits per heavy atom. The summed E-state index contributed by atoms with van der Waals surface area (Å²) in [7, 11) is -3.03. The quantitative estimate of drug-likeness (QED) is 0.901. The van der Waals surface area contributed by atoms with Crippen molar-refractivity contribution in [2.24, 2.45) is 11.8 Å². The van der Waals surface area contributed by atoms with Gasteiger partial charge in [0.2, 0.25) is 0 Å². The van der Waals surface area contributed by atoms with E-state index >= 15 is 0 Å². The Morgan fingerprint density at radius 2 is 2.28 bits per heavy atom. The van der Waals surface area contributed by atoms with E-state index in [1.165, 1.54) is 11.3 Å². The molecule has 0 aliphatic carbocycles. The molecule has 0 aromatic carbocycles. The molecule has 1 fully saturated rings. The van der Waals surface area contributed by atoms with Crippen molar-refractivity contribution in [3.05, 3.63) is 20.8 Å². The monoisotopic (exact) mass is 352 g/mol. The fraction of sp³-hybridized carbons (Fsp3) is 0.545. The molecule has 4 nitrogen and oxygen atoms in total. The van der Waals surface area contributed by atoms with E-state index in [0.29, 0.717) is 12.8 Å². The molecule has 0 saturated carbocycles. The van der Waals surface area contributed by atoms with Gasteiger partial charge in [0.05, 0.1) is 21.2 Å². The Morgan fingerprint density at radius 1 is 1.56 bits per heavy atom. The summed E-state index contributed by atoms with van der Waals surface area (Å²) in [4.78, 5) is 12.3. The van der Waals surface area contributed by atoms with E-state index in [4.69, 9.17) is 0 Å². The average Bonchev–Trinajstić information content (AvgIpc) is 2.81. The molecular weight excluding hydrogens is 340 g/mol. The molecule has 2 unspecified atom stereocenters. The second-order valence-corrected chi connectivity index (χ2v) is 9.29. The standard InChI is InChI=1S/C11H13BrO4S2/c12-10-2-1-8(17-10)5-9(11(13)14)7-3-4-18(15,16)6-7/h1-2,7,9H,3-6H2,(H,13,14). The first kappa shape index (κ1) is 14.0. The van der Waals surface area contributed by atoms with Crippen LogP contribution in [0.4, 0.5) is 0 Å². The van der Waals surface area contributed by atoms with Crippen LogP contribution in [-0.2, 0) is 21.1 Å². The van der Waals surface area contributed by atoms with E-state index in [-0.39, 0.29) is 17.4 Å². The van der Waals surface area contributed by atoms with Crippen molar-refractivity contribution >= 4 is 43.1 Å². The Balaban J connectivity index is 2.12. The van der Waals surface area contributed by atoms with Crippen molar-refractivity contribution in [1.82, 2.24) is 0 Å². The van der Waals surface area contributed by atoms with Crippen LogP contribution in [0.2, 0.25) is 0 Å². The summed E-state index contributed by atoms with van der Waals surface area (Å²) < 4.78 is 23.8. The fourth-order valence-corrected chi connectivity index (χ4v) is 5.70. The van der Waals surface area contributed by atoms with Crippen LogP contribution < -0.4 is 0 Å². The second kappa shape index (κ2) is 5.30. The van der Waals surface area contributed by atoms with Gasteiger partial charge in [-0.1, -0.05) is 0 Å². The number of carbonyl (C=O) groups is 1. The number of hydrogen-bond donors (Lipinski definition) is 1. The van der Waals surface area contributed by atoms with E-state index in [1.807, 2.05) is 12.1 Å². The number of carboxylic acids is 1. The zero-order valence-corrected chi connectivity index (χ0v) is 12.7. The van der Waals surface area contributed by atoms with Crippen LogP contribution in [0.25, 0.3) is 0 Å². The summed E-state index contributed by atoms with van der Waals surface area (Å²) in [6, 6.07) is 3.76. The minimum atomic E-state index is -3.03. The van der Waals surface area contributed by atoms with Gasteiger partial charge in [-0.15, -0.1) is 11.3 Å². The molecule has 0 radical (unpaired) electrons. The van der Waals surface area contributed by atoms with Gasteiger partial charge in [0.1, 0.15) is 0 Å². The van der Waals surface area contributed by atoms with Gasteiger partial charge in [-0.25, -0.2) is 8.42 Å². The molecule has 0 spiro atoms. The molecule has 1 aliphatic heterocycles. The van der Waals surface area contributed by atoms with Crippen molar-refractivity contribution in [1.29, 1.82) is 0 Å². The third-order valence-electron chi connectivity index (χ3n) is 3.20. The van der Waals surface area contributed by atoms with Gasteiger partial charge in [0.25, 0.3) is 0 Å². The van der Waals surface area contributed by atoms with Crippen molar-refractivity contribution in [3.8, 4) is 0 Å². The van der Waals surface area contributed by atoms with Crippen LogP contribution in [0.3, 0.4) is 0 Å². The first-order valence-corrected chi connectivity index (χ1v) is 8.98. The lowest BCUT2D eigenvalue weighted by Gasteiger charge is -2.17. The maximum atomic E-state index is 11.4. The summed E-state index contributed by atoms with van der Waals surface area (Å²) in [5.74, 6) is -1.63. The number of aliphatic carboxylic acids is 1. The van der Waals surface area contributed by atoms with Gasteiger partial charge in [-0.2, -0.15) is 0 Å². The molecule has 1 aromatic heterocycles. The zero-order chi connectivity index (χ0) is 13.3. The highest BCUT2D eigenvalue weighted by Crippen LogP contribution is 2.31. The number of sulfone groups is 1. The summed E-state index contributed by atoms with van der Waals surface area (Å²) in [5, 5.41) is 9.27. The van der Waals surface area contributed by atoms with Crippen LogP contribution in [-0.4, -0.2) is 31.0 Å². The lowest BCUT2D eigenvalue weighted by atomic mass is 9.88. The molecule has 1 N–H and O–H groups in total. The lowest BCUT2D eigenvalue weighted by Crippen LogP contribution is -2.26. The van der Waals surface area contributed by atoms with Crippen LogP contribution in [0, 0.1) is 11.8 Å². The van der Waals surface area contributed by atoms with Crippen LogP contribution in [0.5, 0.6) is 0 Å². The Bertz CT molecular complexity index is 549. The first-order valence-electron chi connectivity index (χ1n) is 5.55. The Hall–Kier alpha value is -0.400. The average molecular weight is 353 g/mol. The maximum absolute atomic E-state index is 11.4. The third-order valence-corrected chi connectivity index (χ3v) is 6.64. The van der Waals surface area contributed by atoms with Crippen molar-refractivity contribution in [3.63, 3.8) is 0 Å². The van der Waals surface area contributed by atoms with E-state index < -0.39 is 21.7 Å². The fourth-order valence-electron chi connectivity index (χ4n) is 2.27. The SMILES string of the molecule is O=C(O)C(Cc1ccc(Br)s1)C1CCS(=O)(=O)C1. The summed E-state index contributed by atoms with van der Waals surface area (Å²) in [6.07, 6.45) is 0.873. The van der Waals surface area contributed by atoms with Gasteiger partial charge in [0.15, 0.2) is 9.84 Å². The molecule has 0 bridgehead atoms. The molecule has 1 aromatic rings. The minimum absolute atomic E-state index is 0.0104. The minimum Gasteiger partial charge on any atom is -0.481 e. The molecule has 0 amide bonds. The second-order valence-electron chi connectivity index (χ2n) is 4.52. The maximum Gasteiger partial charge on any atom is 0.307 e. The lowest BCUT2D eigenvalue weighted by molar-refractivity contribution is -0.143. The van der Waals surface area contributed by atoms with Gasteiger partial charge < -0.3 is 5.11 Å². The van der Waals surface area contributed by atoms with Gasteiger partial charge >= 0.3 is 5.97 Å². The van der Waals surface area contributed by atoms with Crippen LogP contribution in [0.1, 0.15) is 11.3 Å². The van der Waals surface area contributed by atoms with Gasteiger partial charge in [-0.05, 0) is 46.8 Å². The topological polar surface area (TPSA) is 71.4 Å². The molecule has 100 valence electrons. The smallest absolute Gasteiger partial charge is 0.307 e. The largest absolute Gasteiger partial charge is 0.481 e. The van der Waals surface area contributed by atoms with Gasteiger partial charge in [-0.3, -0.25) is 4.79 Å². The number of thiophene rings is 1. The molecule has 18 heavy (non-hydrogen) atoms. The van der Waals surface area contributed by atoms with Gasteiger partial charge in [0, 0.05) is 4.88 Å². The molecule has 2 atom stereocenters. The summed E-state index contributed by atoms with van der Waals surface area (Å²) >= 11 is 4.83. The van der Waals surface area contributed by atoms with Crippen LogP contribution in [0.15, 0.2) is 15.9 Å². The van der Waals surface area contributed by atoms with E-state index in [1.54, 1.807) is 0 Å². The molecule has 7 heteroatoms. The van der Waals surface area contributed by atoms with E-state index in [0.717, 1.165) is 8.66 Å². The van der Waals surface area contributed by atoms with E-state index in [9.17, 15) is 18.3 Å². The highest BCUT2D eigenvalue weighted by Gasteiger charge is 2.37. The molecule has 1 aliphatic rings. The highest BCUT2D eigenvalue weighted by molar-refractivity contribution is 9.11. The van der Waals surface area contributed by atoms with Crippen molar-refractivity contribution in [2.45, 2.75) is 12.8 Å². The number of hydrogen-bond acceptors (Lipinski definition) is 4. The first-order chi connectivity index (χ1) is 8.37. The third kappa shape index (κ3) is 3.33. The molecule has 1 saturated heterocycles. The highest BCUT2D eigenvalue weighted by atomic mass is 79.9. The Labute approximate surface area is 118 Å².